The van der Waals surface area contributed by atoms with Crippen molar-refractivity contribution in [1.29, 1.82) is 0 Å². The number of nitrogens with one attached hydrogen (secondary N) is 3. The van der Waals surface area contributed by atoms with Crippen LogP contribution in [-0.2, 0) is 32.1 Å². The summed E-state index contributed by atoms with van der Waals surface area (Å²) in [6, 6.07) is 5.67. The van der Waals surface area contributed by atoms with Gasteiger partial charge < -0.3 is 30.5 Å². The van der Waals surface area contributed by atoms with E-state index < -0.39 is 23.9 Å². The number of anilines is 1. The normalized spacial score (nSPS) is 19.6. The summed E-state index contributed by atoms with van der Waals surface area (Å²) in [4.78, 5) is 60.1. The summed E-state index contributed by atoms with van der Waals surface area (Å²) in [5.74, 6) is -2.22. The zero-order valence-electron chi connectivity index (χ0n) is 20.6. The second kappa shape index (κ2) is 12.1. The lowest BCUT2D eigenvalue weighted by Crippen LogP contribution is -2.62. The number of rotatable bonds is 6. The summed E-state index contributed by atoms with van der Waals surface area (Å²) < 4.78 is 5.81. The first-order valence-corrected chi connectivity index (χ1v) is 13.5. The third-order valence-corrected chi connectivity index (χ3v) is 7.90. The molecule has 2 atom stereocenters. The maximum atomic E-state index is 13.1. The van der Waals surface area contributed by atoms with E-state index in [-0.39, 0.29) is 25.0 Å². The number of fused-ring (bicyclic) bond motifs is 1. The summed E-state index contributed by atoms with van der Waals surface area (Å²) in [6.45, 7) is 2.06. The Morgan fingerprint density at radius 2 is 1.86 bits per heavy atom. The molecule has 0 saturated carbocycles. The fourth-order valence-corrected chi connectivity index (χ4v) is 5.67. The molecular formula is C24H29BrN6O5S. The van der Waals surface area contributed by atoms with E-state index in [0.717, 1.165) is 34.6 Å². The number of thiazole rings is 1. The third-order valence-electron chi connectivity index (χ3n) is 6.29. The van der Waals surface area contributed by atoms with Crippen LogP contribution in [-0.4, -0.2) is 90.9 Å². The molecule has 13 heteroatoms. The first-order valence-electron chi connectivity index (χ1n) is 11.9. The van der Waals surface area contributed by atoms with Gasteiger partial charge in [-0.1, -0.05) is 15.9 Å². The maximum absolute atomic E-state index is 13.1. The average Bonchev–Trinajstić information content (AvgIpc) is 3.30. The molecule has 4 amide bonds. The minimum atomic E-state index is -0.823. The van der Waals surface area contributed by atoms with Crippen LogP contribution in [0.25, 0.3) is 0 Å². The average molecular weight is 594 g/mol. The van der Waals surface area contributed by atoms with Gasteiger partial charge in [-0.05, 0) is 37.7 Å². The standard InChI is InChI=1S/C24H29BrN6O5S/c1-30-9-7-17-19(12-30)37-24(29-17)23(35)28-18-11-31(20(32)13-36-2)10-8-16(18)27-22(34)21(33)26-15-5-3-14(25)4-6-15/h3-6,16,18H,7-13H2,1-2H3,(H,26,33)(H,27,34)(H,28,35)/t16-,18+/m0/s1. The minimum Gasteiger partial charge on any atom is -0.375 e. The van der Waals surface area contributed by atoms with E-state index in [0.29, 0.717) is 23.7 Å². The van der Waals surface area contributed by atoms with E-state index in [9.17, 15) is 19.2 Å². The molecule has 2 aromatic rings. The molecule has 1 fully saturated rings. The molecule has 0 radical (unpaired) electrons. The molecule has 1 saturated heterocycles. The van der Waals surface area contributed by atoms with Gasteiger partial charge in [0.15, 0.2) is 5.01 Å². The van der Waals surface area contributed by atoms with E-state index in [4.69, 9.17) is 4.74 Å². The molecule has 198 valence electrons. The molecule has 3 N–H and O–H groups in total. The number of methoxy groups -OCH3 is 1. The fraction of sp³-hybridized carbons (Fsp3) is 0.458. The molecule has 0 spiro atoms. The summed E-state index contributed by atoms with van der Waals surface area (Å²) in [7, 11) is 3.46. The topological polar surface area (TPSA) is 133 Å². The second-order valence-corrected chi connectivity index (χ2v) is 11.1. The van der Waals surface area contributed by atoms with Crippen LogP contribution in [0.3, 0.4) is 0 Å². The molecule has 1 aromatic carbocycles. The molecule has 0 unspecified atom stereocenters. The molecule has 0 aliphatic carbocycles. The van der Waals surface area contributed by atoms with Crippen molar-refractivity contribution in [3.8, 4) is 0 Å². The van der Waals surface area contributed by atoms with Crippen molar-refractivity contribution in [1.82, 2.24) is 25.4 Å². The Morgan fingerprint density at radius 3 is 2.59 bits per heavy atom. The van der Waals surface area contributed by atoms with Crippen molar-refractivity contribution in [2.24, 2.45) is 0 Å². The van der Waals surface area contributed by atoms with Gasteiger partial charge in [-0.15, -0.1) is 11.3 Å². The number of hydrogen-bond donors (Lipinski definition) is 3. The number of carbonyl (C=O) groups is 4. The van der Waals surface area contributed by atoms with Crippen LogP contribution >= 0.6 is 27.3 Å². The minimum absolute atomic E-state index is 0.0833. The van der Waals surface area contributed by atoms with Gasteiger partial charge in [-0.3, -0.25) is 19.2 Å². The van der Waals surface area contributed by atoms with Crippen LogP contribution in [0.2, 0.25) is 0 Å². The highest BCUT2D eigenvalue weighted by molar-refractivity contribution is 9.10. The number of carbonyl (C=O) groups excluding carboxylic acids is 4. The van der Waals surface area contributed by atoms with Gasteiger partial charge in [0.05, 0.1) is 17.8 Å². The Morgan fingerprint density at radius 1 is 1.11 bits per heavy atom. The van der Waals surface area contributed by atoms with Gasteiger partial charge in [0.25, 0.3) is 5.91 Å². The summed E-state index contributed by atoms with van der Waals surface area (Å²) in [5.41, 5.74) is 1.41. The number of nitrogens with zero attached hydrogens (tertiary/aromatic N) is 3. The zero-order chi connectivity index (χ0) is 26.5. The van der Waals surface area contributed by atoms with Crippen LogP contribution in [0, 0.1) is 0 Å². The van der Waals surface area contributed by atoms with Crippen molar-refractivity contribution >= 4 is 56.6 Å². The predicted octanol–water partition coefficient (Wildman–Crippen LogP) is 0.994. The summed E-state index contributed by atoms with van der Waals surface area (Å²) >= 11 is 4.68. The zero-order valence-corrected chi connectivity index (χ0v) is 23.0. The Hall–Kier alpha value is -2.87. The van der Waals surface area contributed by atoms with Crippen LogP contribution < -0.4 is 16.0 Å². The van der Waals surface area contributed by atoms with E-state index in [2.05, 4.69) is 41.8 Å². The summed E-state index contributed by atoms with van der Waals surface area (Å²) in [6.07, 6.45) is 1.14. The lowest BCUT2D eigenvalue weighted by Gasteiger charge is -2.39. The predicted molar refractivity (Wildman–Crippen MR) is 141 cm³/mol. The van der Waals surface area contributed by atoms with Gasteiger partial charge in [0, 0.05) is 54.7 Å². The smallest absolute Gasteiger partial charge is 0.313 e. The second-order valence-electron chi connectivity index (χ2n) is 9.06. The van der Waals surface area contributed by atoms with Crippen molar-refractivity contribution in [2.75, 3.05) is 45.7 Å². The number of halogens is 1. The van der Waals surface area contributed by atoms with Crippen LogP contribution in [0.4, 0.5) is 5.69 Å². The van der Waals surface area contributed by atoms with Crippen LogP contribution in [0.1, 0.15) is 26.8 Å². The van der Waals surface area contributed by atoms with Crippen LogP contribution in [0.5, 0.6) is 0 Å². The number of benzene rings is 1. The SMILES string of the molecule is COCC(=O)N1CC[C@H](NC(=O)C(=O)Nc2ccc(Br)cc2)[C@H](NC(=O)c2nc3c(s2)CN(C)CC3)C1. The number of hydrogen-bond acceptors (Lipinski definition) is 8. The summed E-state index contributed by atoms with van der Waals surface area (Å²) in [5, 5.41) is 8.59. The number of piperidine rings is 1. The Labute approximate surface area is 227 Å². The van der Waals surface area contributed by atoms with E-state index in [1.54, 1.807) is 29.2 Å². The highest BCUT2D eigenvalue weighted by Crippen LogP contribution is 2.25. The highest BCUT2D eigenvalue weighted by Gasteiger charge is 2.35. The van der Waals surface area contributed by atoms with E-state index in [1.807, 2.05) is 7.05 Å². The first kappa shape index (κ1) is 27.2. The third kappa shape index (κ3) is 6.92. The molecule has 11 nitrogen and oxygen atoms in total. The molecule has 2 aliphatic rings. The number of likely N-dealkylation sites (tertiary alicyclic amines) is 1. The maximum Gasteiger partial charge on any atom is 0.313 e. The number of likely N-dealkylation sites (N-methyl/N-ethyl adjacent to an activating group) is 1. The number of aromatic nitrogens is 1. The van der Waals surface area contributed by atoms with Crippen molar-refractivity contribution in [3.63, 3.8) is 0 Å². The number of ether oxygens (including phenoxy) is 1. The Balaban J connectivity index is 1.44. The quantitative estimate of drug-likeness (QED) is 0.426. The molecule has 4 rings (SSSR count). The molecule has 37 heavy (non-hydrogen) atoms. The molecule has 1 aromatic heterocycles. The van der Waals surface area contributed by atoms with Crippen LogP contribution in [0.15, 0.2) is 28.7 Å². The Kier molecular flexibility index (Phi) is 8.90. The van der Waals surface area contributed by atoms with Gasteiger partial charge in [0.2, 0.25) is 5.91 Å². The Bertz CT molecular complexity index is 1170. The largest absolute Gasteiger partial charge is 0.375 e. The monoisotopic (exact) mass is 592 g/mol. The number of amides is 4. The van der Waals surface area contributed by atoms with Gasteiger partial charge in [0.1, 0.15) is 6.61 Å². The first-order chi connectivity index (χ1) is 17.7. The van der Waals surface area contributed by atoms with Crippen molar-refractivity contribution in [2.45, 2.75) is 31.5 Å². The molecule has 3 heterocycles. The van der Waals surface area contributed by atoms with Gasteiger partial charge >= 0.3 is 11.8 Å². The molecule has 2 aliphatic heterocycles. The molecular weight excluding hydrogens is 564 g/mol. The van der Waals surface area contributed by atoms with Gasteiger partial charge in [-0.2, -0.15) is 0 Å². The lowest BCUT2D eigenvalue weighted by molar-refractivity contribution is -0.138. The fourth-order valence-electron chi connectivity index (χ4n) is 4.32. The van der Waals surface area contributed by atoms with Gasteiger partial charge in [-0.25, -0.2) is 4.98 Å². The van der Waals surface area contributed by atoms with Crippen molar-refractivity contribution < 1.29 is 23.9 Å². The highest BCUT2D eigenvalue weighted by atomic mass is 79.9. The van der Waals surface area contributed by atoms with E-state index in [1.165, 1.54) is 18.4 Å². The lowest BCUT2D eigenvalue weighted by atomic mass is 9.98. The molecule has 0 bridgehead atoms. The van der Waals surface area contributed by atoms with Crippen molar-refractivity contribution in [3.05, 3.63) is 44.3 Å². The van der Waals surface area contributed by atoms with E-state index >= 15 is 0 Å².